The van der Waals surface area contributed by atoms with Crippen LogP contribution in [0.25, 0.3) is 11.1 Å². The summed E-state index contributed by atoms with van der Waals surface area (Å²) in [6, 6.07) is 53.9. The van der Waals surface area contributed by atoms with Crippen LogP contribution in [-0.2, 0) is 5.41 Å². The van der Waals surface area contributed by atoms with E-state index in [-0.39, 0.29) is 5.41 Å². The second-order valence-corrected chi connectivity index (χ2v) is 15.1. The first-order chi connectivity index (χ1) is 25.7. The van der Waals surface area contributed by atoms with Crippen molar-refractivity contribution in [2.75, 3.05) is 9.80 Å². The van der Waals surface area contributed by atoms with E-state index in [1.165, 1.54) is 33.4 Å². The molecule has 6 aromatic carbocycles. The molecule has 0 bridgehead atoms. The molecular formula is C50H55BN2. The van der Waals surface area contributed by atoms with E-state index in [1.807, 2.05) is 0 Å². The van der Waals surface area contributed by atoms with Crippen LogP contribution in [0.4, 0.5) is 34.1 Å². The third-order valence-corrected chi connectivity index (χ3v) is 11.6. The standard InChI is InChI=1S/C50H55BN2/c1-8-37(5)39-13-25-45(26-14-39)52(44-23-11-36(4)12-24-44)47-29-17-41(18-30-47)42-19-31-48(32-20-42)53(46-27-15-40(16-28-46)38(6)9-2)49-33-21-43(22-34-49)50(7,10-3)35-51/h11-34,37-38H,8-10,35H2,1-7H3. The number of benzene rings is 6. The molecule has 3 heteroatoms. The van der Waals surface area contributed by atoms with Crippen molar-refractivity contribution in [2.24, 2.45) is 0 Å². The molecule has 0 aliphatic heterocycles. The minimum atomic E-state index is -0.0341. The van der Waals surface area contributed by atoms with E-state index in [0.29, 0.717) is 18.2 Å². The first kappa shape index (κ1) is 37.7. The van der Waals surface area contributed by atoms with Crippen LogP contribution >= 0.6 is 0 Å². The van der Waals surface area contributed by atoms with Crippen LogP contribution in [0.2, 0.25) is 6.32 Å². The Hall–Kier alpha value is -5.02. The highest BCUT2D eigenvalue weighted by Crippen LogP contribution is 2.40. The third-order valence-electron chi connectivity index (χ3n) is 11.6. The van der Waals surface area contributed by atoms with Crippen molar-refractivity contribution in [3.63, 3.8) is 0 Å². The van der Waals surface area contributed by atoms with Gasteiger partial charge in [-0.05, 0) is 144 Å². The molecule has 0 saturated heterocycles. The van der Waals surface area contributed by atoms with Crippen LogP contribution in [0.15, 0.2) is 146 Å². The average Bonchev–Trinajstić information content (AvgIpc) is 3.22. The van der Waals surface area contributed by atoms with Crippen LogP contribution < -0.4 is 9.80 Å². The van der Waals surface area contributed by atoms with E-state index < -0.39 is 0 Å². The quantitative estimate of drug-likeness (QED) is 0.105. The molecule has 2 radical (unpaired) electrons. The molecule has 3 unspecified atom stereocenters. The largest absolute Gasteiger partial charge is 0.311 e. The predicted molar refractivity (Wildman–Crippen MR) is 232 cm³/mol. The van der Waals surface area contributed by atoms with Gasteiger partial charge in [0.15, 0.2) is 0 Å². The van der Waals surface area contributed by atoms with Crippen LogP contribution in [-0.4, -0.2) is 7.85 Å². The molecular weight excluding hydrogens is 639 g/mol. The zero-order chi connectivity index (χ0) is 37.5. The number of anilines is 6. The van der Waals surface area contributed by atoms with Gasteiger partial charge in [0, 0.05) is 34.1 Å². The van der Waals surface area contributed by atoms with Gasteiger partial charge in [-0.2, -0.15) is 0 Å². The fraction of sp³-hybridized carbons (Fsp3) is 0.280. The van der Waals surface area contributed by atoms with Crippen LogP contribution in [0.1, 0.15) is 94.9 Å². The highest BCUT2D eigenvalue weighted by Gasteiger charge is 2.23. The molecule has 0 fully saturated rings. The summed E-state index contributed by atoms with van der Waals surface area (Å²) in [5, 5.41) is 0. The Labute approximate surface area is 320 Å². The maximum absolute atomic E-state index is 6.23. The minimum Gasteiger partial charge on any atom is -0.311 e. The number of nitrogens with zero attached hydrogens (tertiary/aromatic N) is 2. The Morgan fingerprint density at radius 2 is 0.774 bits per heavy atom. The lowest BCUT2D eigenvalue weighted by Crippen LogP contribution is -2.20. The Balaban J connectivity index is 1.32. The molecule has 6 rings (SSSR count). The molecule has 268 valence electrons. The van der Waals surface area contributed by atoms with Gasteiger partial charge in [-0.15, -0.1) is 0 Å². The molecule has 0 spiro atoms. The van der Waals surface area contributed by atoms with Gasteiger partial charge in [-0.1, -0.05) is 126 Å². The molecule has 0 aliphatic carbocycles. The molecule has 0 aromatic heterocycles. The summed E-state index contributed by atoms with van der Waals surface area (Å²) >= 11 is 0. The van der Waals surface area contributed by atoms with E-state index >= 15 is 0 Å². The molecule has 0 heterocycles. The second kappa shape index (κ2) is 16.8. The Kier molecular flexibility index (Phi) is 11.9. The molecule has 0 N–H and O–H groups in total. The highest BCUT2D eigenvalue weighted by molar-refractivity contribution is 6.09. The lowest BCUT2D eigenvalue weighted by molar-refractivity contribution is 0.506. The van der Waals surface area contributed by atoms with Gasteiger partial charge in [0.2, 0.25) is 0 Å². The van der Waals surface area contributed by atoms with E-state index in [1.54, 1.807) is 0 Å². The Morgan fingerprint density at radius 3 is 1.08 bits per heavy atom. The van der Waals surface area contributed by atoms with Crippen molar-refractivity contribution in [3.8, 4) is 11.1 Å². The summed E-state index contributed by atoms with van der Waals surface area (Å²) in [6.07, 6.45) is 3.89. The van der Waals surface area contributed by atoms with Gasteiger partial charge in [0.25, 0.3) is 0 Å². The molecule has 0 saturated carbocycles. The van der Waals surface area contributed by atoms with Crippen LogP contribution in [0.3, 0.4) is 0 Å². The van der Waals surface area contributed by atoms with Gasteiger partial charge < -0.3 is 9.80 Å². The first-order valence-corrected chi connectivity index (χ1v) is 19.6. The summed E-state index contributed by atoms with van der Waals surface area (Å²) in [5.41, 5.74) is 14.5. The van der Waals surface area contributed by atoms with Gasteiger partial charge >= 0.3 is 0 Å². The van der Waals surface area contributed by atoms with Crippen molar-refractivity contribution in [2.45, 2.75) is 91.3 Å². The van der Waals surface area contributed by atoms with Gasteiger partial charge in [-0.3, -0.25) is 0 Å². The SMILES string of the molecule is [B]CC(C)(CC)c1ccc(N(c2ccc(-c3ccc(N(c4ccc(C)cc4)c4ccc(C(C)CC)cc4)cc3)cc2)c2ccc(C(C)CC)cc2)cc1. The van der Waals surface area contributed by atoms with Crippen molar-refractivity contribution in [1.82, 2.24) is 0 Å². The number of hydrogen-bond donors (Lipinski definition) is 0. The van der Waals surface area contributed by atoms with Crippen molar-refractivity contribution < 1.29 is 0 Å². The molecule has 2 nitrogen and oxygen atoms in total. The molecule has 53 heavy (non-hydrogen) atoms. The predicted octanol–water partition coefficient (Wildman–Crippen LogP) is 14.9. The Bertz CT molecular complexity index is 2030. The van der Waals surface area contributed by atoms with Crippen molar-refractivity contribution in [3.05, 3.63) is 168 Å². The zero-order valence-corrected chi connectivity index (χ0v) is 32.8. The zero-order valence-electron chi connectivity index (χ0n) is 32.8. The normalized spacial score (nSPS) is 13.6. The number of aryl methyl sites for hydroxylation is 1. The fourth-order valence-corrected chi connectivity index (χ4v) is 7.05. The smallest absolute Gasteiger partial charge is 0.0664 e. The van der Waals surface area contributed by atoms with Crippen LogP contribution in [0.5, 0.6) is 0 Å². The van der Waals surface area contributed by atoms with E-state index in [2.05, 4.69) is 204 Å². The molecule has 6 aromatic rings. The van der Waals surface area contributed by atoms with Gasteiger partial charge in [-0.25, -0.2) is 0 Å². The monoisotopic (exact) mass is 694 g/mol. The van der Waals surface area contributed by atoms with E-state index in [0.717, 1.165) is 53.4 Å². The van der Waals surface area contributed by atoms with Crippen LogP contribution in [0, 0.1) is 6.92 Å². The Morgan fingerprint density at radius 1 is 0.472 bits per heavy atom. The van der Waals surface area contributed by atoms with Crippen molar-refractivity contribution in [1.29, 1.82) is 0 Å². The number of rotatable bonds is 14. The summed E-state index contributed by atoms with van der Waals surface area (Å²) < 4.78 is 0. The molecule has 0 aliphatic rings. The molecule has 0 amide bonds. The summed E-state index contributed by atoms with van der Waals surface area (Å²) in [4.78, 5) is 4.70. The lowest BCUT2D eigenvalue weighted by Gasteiger charge is -2.30. The average molecular weight is 695 g/mol. The summed E-state index contributed by atoms with van der Waals surface area (Å²) in [6.45, 7) is 15.7. The minimum absolute atomic E-state index is 0.0341. The maximum atomic E-state index is 6.23. The fourth-order valence-electron chi connectivity index (χ4n) is 7.05. The highest BCUT2D eigenvalue weighted by atomic mass is 15.1. The topological polar surface area (TPSA) is 6.48 Å². The second-order valence-electron chi connectivity index (χ2n) is 15.1. The first-order valence-electron chi connectivity index (χ1n) is 19.6. The number of hydrogen-bond acceptors (Lipinski definition) is 2. The molecule has 3 atom stereocenters. The van der Waals surface area contributed by atoms with E-state index in [9.17, 15) is 0 Å². The van der Waals surface area contributed by atoms with E-state index in [4.69, 9.17) is 7.85 Å². The summed E-state index contributed by atoms with van der Waals surface area (Å²) in [7, 11) is 6.23. The van der Waals surface area contributed by atoms with Gasteiger partial charge in [0.05, 0.1) is 7.85 Å². The summed E-state index contributed by atoms with van der Waals surface area (Å²) in [5.74, 6) is 1.08. The van der Waals surface area contributed by atoms with Gasteiger partial charge in [0.1, 0.15) is 0 Å². The maximum Gasteiger partial charge on any atom is 0.0664 e. The third kappa shape index (κ3) is 8.31. The van der Waals surface area contributed by atoms with Crippen molar-refractivity contribution >= 4 is 42.0 Å². The lowest BCUT2D eigenvalue weighted by atomic mass is 9.71.